The zero-order valence-electron chi connectivity index (χ0n) is 16.0. The van der Waals surface area contributed by atoms with Crippen molar-refractivity contribution in [3.05, 3.63) is 47.6 Å². The number of H-pyrrole nitrogens is 1. The second-order valence-corrected chi connectivity index (χ2v) is 7.27. The van der Waals surface area contributed by atoms with Crippen LogP contribution in [-0.2, 0) is 4.74 Å². The fourth-order valence-corrected chi connectivity index (χ4v) is 3.68. The van der Waals surface area contributed by atoms with Gasteiger partial charge in [-0.05, 0) is 49.5 Å². The van der Waals surface area contributed by atoms with Crippen molar-refractivity contribution < 1.29 is 9.47 Å². The van der Waals surface area contributed by atoms with Gasteiger partial charge >= 0.3 is 0 Å². The van der Waals surface area contributed by atoms with Crippen molar-refractivity contribution in [2.45, 2.75) is 31.3 Å². The monoisotopic (exact) mass is 437 g/mol. The molecular weight excluding hydrogens is 413 g/mol. The van der Waals surface area contributed by atoms with E-state index in [4.69, 9.17) is 21.1 Å². The highest BCUT2D eigenvalue weighted by molar-refractivity contribution is 6.29. The average molecular weight is 438 g/mol. The molecule has 156 valence electrons. The molecule has 2 saturated heterocycles. The fraction of sp³-hybridized carbons (Fsp3) is 0.450. The predicted molar refractivity (Wildman–Crippen MR) is 115 cm³/mol. The summed E-state index contributed by atoms with van der Waals surface area (Å²) in [7, 11) is 0. The molecule has 2 aliphatic heterocycles. The molecule has 29 heavy (non-hydrogen) atoms. The Morgan fingerprint density at radius 3 is 2.62 bits per heavy atom. The van der Waals surface area contributed by atoms with Crippen LogP contribution in [0, 0.1) is 0 Å². The maximum atomic E-state index is 5.98. The van der Waals surface area contributed by atoms with Crippen LogP contribution in [0.3, 0.4) is 0 Å². The first-order valence-electron chi connectivity index (χ1n) is 9.66. The Morgan fingerprint density at radius 2 is 1.86 bits per heavy atom. The topological polar surface area (TPSA) is 85.0 Å². The molecule has 9 heteroatoms. The molecule has 2 aliphatic rings. The van der Waals surface area contributed by atoms with Gasteiger partial charge in [0, 0.05) is 38.1 Å². The number of rotatable bonds is 3. The number of imidazole rings is 1. The van der Waals surface area contributed by atoms with Gasteiger partial charge in [-0.25, -0.2) is 9.97 Å². The largest absolute Gasteiger partial charge is 0.472 e. The minimum atomic E-state index is 0. The summed E-state index contributed by atoms with van der Waals surface area (Å²) in [5.74, 6) is 1.15. The Hall–Kier alpha value is -1.93. The zero-order valence-corrected chi connectivity index (χ0v) is 17.6. The summed E-state index contributed by atoms with van der Waals surface area (Å²) >= 11 is 5.62. The van der Waals surface area contributed by atoms with Gasteiger partial charge < -0.3 is 19.8 Å². The lowest BCUT2D eigenvalue weighted by molar-refractivity contribution is 0.0829. The van der Waals surface area contributed by atoms with Crippen LogP contribution in [-0.4, -0.2) is 52.3 Å². The summed E-state index contributed by atoms with van der Waals surface area (Å²) in [6, 6.07) is 7.72. The molecule has 2 N–H and O–H groups in total. The van der Waals surface area contributed by atoms with Gasteiger partial charge in [0.1, 0.15) is 11.8 Å². The highest BCUT2D eigenvalue weighted by Gasteiger charge is 2.24. The summed E-state index contributed by atoms with van der Waals surface area (Å²) < 4.78 is 11.4. The molecule has 7 nitrogen and oxygen atoms in total. The van der Waals surface area contributed by atoms with Crippen LogP contribution in [0.15, 0.2) is 36.7 Å². The van der Waals surface area contributed by atoms with Gasteiger partial charge in [0.25, 0.3) is 0 Å². The van der Waals surface area contributed by atoms with Gasteiger partial charge in [-0.1, -0.05) is 12.1 Å². The number of hydrogen-bond acceptors (Lipinski definition) is 6. The average Bonchev–Trinajstić information content (AvgIpc) is 3.38. The first-order valence-corrected chi connectivity index (χ1v) is 10.0. The molecule has 3 aromatic rings. The van der Waals surface area contributed by atoms with Crippen LogP contribution < -0.4 is 10.1 Å². The van der Waals surface area contributed by atoms with Crippen LogP contribution in [0.5, 0.6) is 5.88 Å². The van der Waals surface area contributed by atoms with E-state index in [9.17, 15) is 0 Å². The molecule has 0 bridgehead atoms. The van der Waals surface area contributed by atoms with Crippen molar-refractivity contribution >= 4 is 35.0 Å². The predicted octanol–water partition coefficient (Wildman–Crippen LogP) is 3.75. The number of aromatic nitrogens is 4. The molecule has 0 aliphatic carbocycles. The number of nitrogens with zero attached hydrogens (tertiary/aromatic N) is 3. The van der Waals surface area contributed by atoms with Gasteiger partial charge in [-0.2, -0.15) is 0 Å². The first-order chi connectivity index (χ1) is 13.8. The number of para-hydroxylation sites is 2. The lowest BCUT2D eigenvalue weighted by Gasteiger charge is -2.23. The van der Waals surface area contributed by atoms with Crippen LogP contribution in [0.25, 0.3) is 11.0 Å². The summed E-state index contributed by atoms with van der Waals surface area (Å²) in [6.07, 6.45) is 6.77. The maximum absolute atomic E-state index is 5.98. The highest BCUT2D eigenvalue weighted by atomic mass is 35.5. The van der Waals surface area contributed by atoms with E-state index < -0.39 is 0 Å². The first kappa shape index (κ1) is 21.8. The Morgan fingerprint density at radius 1 is 1.07 bits per heavy atom. The molecular formula is C20H25Cl2N5O2. The van der Waals surface area contributed by atoms with Gasteiger partial charge in [0.2, 0.25) is 11.2 Å². The minimum Gasteiger partial charge on any atom is -0.472 e. The molecule has 4 heterocycles. The van der Waals surface area contributed by atoms with Crippen molar-refractivity contribution in [1.82, 2.24) is 25.3 Å². The maximum Gasteiger partial charge on any atom is 0.236 e. The highest BCUT2D eigenvalue weighted by Crippen LogP contribution is 2.31. The third-order valence-corrected chi connectivity index (χ3v) is 5.13. The molecule has 0 unspecified atom stereocenters. The van der Waals surface area contributed by atoms with Crippen LogP contribution in [0.4, 0.5) is 0 Å². The van der Waals surface area contributed by atoms with E-state index >= 15 is 0 Å². The Balaban J connectivity index is 0.000000186. The molecule has 2 aromatic heterocycles. The van der Waals surface area contributed by atoms with Gasteiger partial charge in [0.15, 0.2) is 0 Å². The van der Waals surface area contributed by atoms with E-state index in [1.807, 2.05) is 24.3 Å². The smallest absolute Gasteiger partial charge is 0.236 e. The summed E-state index contributed by atoms with van der Waals surface area (Å²) in [5, 5.41) is 3.74. The Bertz CT molecular complexity index is 862. The third kappa shape index (κ3) is 5.79. The fourth-order valence-electron chi connectivity index (χ4n) is 3.49. The van der Waals surface area contributed by atoms with Gasteiger partial charge in [-0.3, -0.25) is 4.98 Å². The van der Waals surface area contributed by atoms with Crippen molar-refractivity contribution in [2.24, 2.45) is 0 Å². The number of halogens is 2. The summed E-state index contributed by atoms with van der Waals surface area (Å²) in [4.78, 5) is 15.8. The normalized spacial score (nSPS) is 19.3. The van der Waals surface area contributed by atoms with Crippen molar-refractivity contribution in [3.63, 3.8) is 0 Å². The zero-order chi connectivity index (χ0) is 19.2. The number of aromatic amines is 1. The number of hydrogen-bond donors (Lipinski definition) is 2. The SMILES string of the molecule is Cl.Clc1nc2ccccc2[nH]1.c1cnc(C2CCOCC2)c(O[C@@H]2CCNC2)n1. The van der Waals surface area contributed by atoms with E-state index in [1.54, 1.807) is 12.4 Å². The standard InChI is InChI=1S/C13H19N3O2.C7H5ClN2.ClH/c1-4-14-9-11(1)18-13-12(15-5-6-16-13)10-2-7-17-8-3-10;8-7-9-5-3-1-2-4-6(5)10-7;/h5-6,10-11,14H,1-4,7-9H2;1-4H,(H,9,10);1H/t11-;;/m1../s1. The quantitative estimate of drug-likeness (QED) is 0.648. The lowest BCUT2D eigenvalue weighted by atomic mass is 9.96. The van der Waals surface area contributed by atoms with Crippen LogP contribution >= 0.6 is 24.0 Å². The summed E-state index contributed by atoms with van der Waals surface area (Å²) in [5.41, 5.74) is 2.90. The van der Waals surface area contributed by atoms with Gasteiger partial charge in [0.05, 0.1) is 11.0 Å². The number of ether oxygens (including phenoxy) is 2. The molecule has 5 rings (SSSR count). The van der Waals surface area contributed by atoms with Crippen molar-refractivity contribution in [1.29, 1.82) is 0 Å². The number of fused-ring (bicyclic) bond motifs is 1. The van der Waals surface area contributed by atoms with Crippen molar-refractivity contribution in [3.8, 4) is 5.88 Å². The lowest BCUT2D eigenvalue weighted by Crippen LogP contribution is -2.22. The number of nitrogens with one attached hydrogen (secondary N) is 2. The number of benzene rings is 1. The molecule has 2 fully saturated rings. The molecule has 0 amide bonds. The van der Waals surface area contributed by atoms with Crippen molar-refractivity contribution in [2.75, 3.05) is 26.3 Å². The van der Waals surface area contributed by atoms with Crippen LogP contribution in [0.1, 0.15) is 30.9 Å². The van der Waals surface area contributed by atoms with E-state index in [0.717, 1.165) is 68.2 Å². The second kappa shape index (κ2) is 10.7. The second-order valence-electron chi connectivity index (χ2n) is 6.91. The summed E-state index contributed by atoms with van der Waals surface area (Å²) in [6.45, 7) is 3.55. The van der Waals surface area contributed by atoms with E-state index in [2.05, 4.69) is 25.3 Å². The van der Waals surface area contributed by atoms with E-state index in [-0.39, 0.29) is 18.5 Å². The van der Waals surface area contributed by atoms with Crippen LogP contribution in [0.2, 0.25) is 5.28 Å². The molecule has 0 saturated carbocycles. The third-order valence-electron chi connectivity index (χ3n) is 4.95. The van der Waals surface area contributed by atoms with E-state index in [0.29, 0.717) is 11.2 Å². The molecule has 1 aromatic carbocycles. The minimum absolute atomic E-state index is 0. The molecule has 1 atom stereocenters. The Kier molecular flexibility index (Phi) is 8.06. The van der Waals surface area contributed by atoms with E-state index in [1.165, 1.54) is 0 Å². The Labute approximate surface area is 181 Å². The van der Waals surface area contributed by atoms with Gasteiger partial charge in [-0.15, -0.1) is 12.4 Å². The molecule has 0 spiro atoms. The molecule has 0 radical (unpaired) electrons.